The van der Waals surface area contributed by atoms with E-state index in [1.165, 1.54) is 9.80 Å². The Morgan fingerprint density at radius 3 is 0.991 bits per heavy atom. The van der Waals surface area contributed by atoms with Crippen LogP contribution in [-0.2, 0) is 52.3 Å². The summed E-state index contributed by atoms with van der Waals surface area (Å²) in [6.45, 7) is 6.76. The molecule has 0 aliphatic carbocycles. The highest BCUT2D eigenvalue weighted by Crippen LogP contribution is 2.32. The number of aliphatic hydroxyl groups is 1. The first kappa shape index (κ1) is 75.9. The van der Waals surface area contributed by atoms with E-state index in [1.54, 1.807) is 146 Å². The first-order chi connectivity index (χ1) is 53.3. The molecule has 570 valence electrons. The van der Waals surface area contributed by atoms with Gasteiger partial charge in [-0.1, -0.05) is 36.4 Å². The molecular formula is C78H78N12O20. The molecule has 12 amide bonds. The summed E-state index contributed by atoms with van der Waals surface area (Å²) in [5.41, 5.74) is 19.6. The number of amides is 12. The fourth-order valence-electron chi connectivity index (χ4n) is 13.2. The Hall–Kier alpha value is -12.3. The van der Waals surface area contributed by atoms with E-state index in [9.17, 15) is 62.6 Å². The van der Waals surface area contributed by atoms with Gasteiger partial charge in [-0.25, -0.2) is 9.59 Å². The Balaban J connectivity index is 0.000000125. The predicted molar refractivity (Wildman–Crippen MR) is 397 cm³/mol. The van der Waals surface area contributed by atoms with Crippen LogP contribution in [-0.4, -0.2) is 247 Å². The van der Waals surface area contributed by atoms with E-state index in [1.807, 2.05) is 48.5 Å². The zero-order valence-corrected chi connectivity index (χ0v) is 59.5. The third-order valence-corrected chi connectivity index (χ3v) is 19.0. The number of aliphatic hydroxyl groups excluding tert-OH is 1. The van der Waals surface area contributed by atoms with E-state index in [0.717, 1.165) is 43.9 Å². The number of rotatable bonds is 16. The lowest BCUT2D eigenvalue weighted by Gasteiger charge is -2.27. The molecular weight excluding hydrogens is 1420 g/mol. The van der Waals surface area contributed by atoms with Gasteiger partial charge >= 0.3 is 12.2 Å². The van der Waals surface area contributed by atoms with Gasteiger partial charge in [0, 0.05) is 84.8 Å². The van der Waals surface area contributed by atoms with Crippen molar-refractivity contribution in [1.82, 2.24) is 14.7 Å². The Morgan fingerprint density at radius 2 is 0.673 bits per heavy atom. The first-order valence-electron chi connectivity index (χ1n) is 35.5. The number of hydrogen-bond donors (Lipinski definition) is 4. The number of anilines is 8. The molecule has 0 radical (unpaired) electrons. The smallest absolute Gasteiger partial charge is 0.414 e. The Morgan fingerprint density at radius 1 is 0.382 bits per heavy atom. The van der Waals surface area contributed by atoms with Crippen molar-refractivity contribution in [3.8, 4) is 0 Å². The van der Waals surface area contributed by atoms with Crippen molar-refractivity contribution in [3.63, 3.8) is 0 Å². The van der Waals surface area contributed by atoms with Crippen LogP contribution >= 0.6 is 0 Å². The number of carbonyl (C=O) groups excluding carboxylic acids is 12. The summed E-state index contributed by atoms with van der Waals surface area (Å²) in [7, 11) is 0. The summed E-state index contributed by atoms with van der Waals surface area (Å²) in [4.78, 5) is 158. The molecule has 17 rings (SSSR count). The summed E-state index contributed by atoms with van der Waals surface area (Å²) in [5.74, 6) is -2.18. The number of hydrogen-bond acceptors (Lipinski definition) is 23. The van der Waals surface area contributed by atoms with Gasteiger partial charge in [0.25, 0.3) is 59.1 Å². The van der Waals surface area contributed by atoms with Crippen LogP contribution in [0.2, 0.25) is 0 Å². The zero-order valence-electron chi connectivity index (χ0n) is 59.5. The minimum atomic E-state index is -0.919. The van der Waals surface area contributed by atoms with Crippen LogP contribution in [0.5, 0.6) is 0 Å². The van der Waals surface area contributed by atoms with Gasteiger partial charge < -0.3 is 74.6 Å². The third kappa shape index (κ3) is 17.3. The van der Waals surface area contributed by atoms with E-state index in [4.69, 9.17) is 44.6 Å². The number of benzene rings is 7. The average molecular weight is 1500 g/mol. The van der Waals surface area contributed by atoms with Crippen LogP contribution in [0.3, 0.4) is 0 Å². The minimum absolute atomic E-state index is 0.000946. The first-order valence-corrected chi connectivity index (χ1v) is 35.5. The number of carbonyl (C=O) groups is 12. The molecule has 0 saturated carbocycles. The normalized spacial score (nSPS) is 20.2. The van der Waals surface area contributed by atoms with Gasteiger partial charge in [-0.05, 0) is 133 Å². The number of imide groups is 3. The van der Waals surface area contributed by atoms with E-state index in [2.05, 4.69) is 5.32 Å². The second-order valence-electron chi connectivity index (χ2n) is 26.3. The number of nitrogen functional groups attached to an aromatic ring is 1. The molecule has 10 aliphatic heterocycles. The third-order valence-electron chi connectivity index (χ3n) is 19.0. The minimum Gasteiger partial charge on any atom is -0.443 e. The molecule has 0 aromatic heterocycles. The number of morpholine rings is 4. The number of ether oxygens (including phenoxy) is 7. The van der Waals surface area contributed by atoms with E-state index < -0.39 is 18.3 Å². The average Bonchev–Trinajstić information content (AvgIpc) is 1.64. The van der Waals surface area contributed by atoms with Crippen LogP contribution in [0.4, 0.5) is 55.1 Å². The Kier molecular flexibility index (Phi) is 23.7. The van der Waals surface area contributed by atoms with Gasteiger partial charge in [0.1, 0.15) is 38.6 Å². The molecule has 32 heteroatoms. The van der Waals surface area contributed by atoms with Crippen molar-refractivity contribution in [2.75, 3.05) is 172 Å². The molecule has 7 aromatic rings. The summed E-state index contributed by atoms with van der Waals surface area (Å²) < 4.78 is 36.0. The fourth-order valence-corrected chi connectivity index (χ4v) is 13.2. The van der Waals surface area contributed by atoms with Crippen molar-refractivity contribution in [3.05, 3.63) is 203 Å². The zero-order chi connectivity index (χ0) is 77.1. The molecule has 32 nitrogen and oxygen atoms in total. The lowest BCUT2D eigenvalue weighted by Crippen LogP contribution is -2.41. The summed E-state index contributed by atoms with van der Waals surface area (Å²) in [6, 6.07) is 49.0. The fraction of sp³-hybridized carbons (Fsp3) is 0.308. The monoisotopic (exact) mass is 1500 g/mol. The highest BCUT2D eigenvalue weighted by molar-refractivity contribution is 6.23. The van der Waals surface area contributed by atoms with Crippen LogP contribution in [0.15, 0.2) is 170 Å². The number of nitrogens with zero attached hydrogens (tertiary/aromatic N) is 9. The van der Waals surface area contributed by atoms with Crippen molar-refractivity contribution >= 4 is 117 Å². The standard InChI is InChI=1S/C22H19N3O6.C21H21N3O5.C14H17N3O4.C11H9NO3.C10H12N2O2/c26-19-13-30-10-9-23(19)14-5-7-15(8-6-14)24-11-16(31-22(24)29)12-25-20(27)17-3-1-2-4-18(17)21(25)28;25-16(12-24-20(27)17-3-1-2-4-18(17)21(24)28)11-22-14-5-7-15(8-6-14)23-9-10-29-13-19(23)26;15-7-12-8-17(14(19)21-12)11-3-1-10(2-4-11)16-5-6-20-9-13(16)18;13-10-8-3-1-2-4-9(8)11(14)12(10)5-7-6-15-7;11-8-1-3-9(4-2-8)12-5-6-14-7-10(12)13/h1-8,16H,9-13H2;1-8,16,22,25H,9-13H2;1-4,12H,5-9,15H2;1-4,7H,5-6H2;1-4H,5-7,11H2/t2*16-;12-;7-;/m1100./s1. The molecule has 10 aliphatic rings. The highest BCUT2D eigenvalue weighted by Gasteiger charge is 2.43. The molecule has 0 bridgehead atoms. The highest BCUT2D eigenvalue weighted by atomic mass is 16.6. The van der Waals surface area contributed by atoms with Crippen molar-refractivity contribution in [2.45, 2.75) is 24.4 Å². The van der Waals surface area contributed by atoms with Crippen molar-refractivity contribution < 1.29 is 95.8 Å². The van der Waals surface area contributed by atoms with E-state index >= 15 is 0 Å². The number of nitrogens with one attached hydrogen (secondary N) is 1. The molecule has 7 saturated heterocycles. The maximum atomic E-state index is 12.6. The SMILES string of the molecule is NC[C@H]1CN(c2ccc(N3CCOCC3=O)cc2)C(=O)O1.Nc1ccc(N2CCOCC2=O)cc1.O=C1c2ccccc2C(=O)N1C[C@H](O)CNc1ccc(N2CCOCC2=O)cc1.O=C1c2ccccc2C(=O)N1C[C@H]1CN(c2ccc(N3CCOCC3=O)cc2)C(=O)O1.O=C1c2ccccc2C(=O)N1C[C@H]1CO1. The molecule has 7 fully saturated rings. The van der Waals surface area contributed by atoms with Gasteiger partial charge in [0.05, 0.1) is 111 Å². The van der Waals surface area contributed by atoms with Crippen LogP contribution in [0.1, 0.15) is 62.1 Å². The lowest BCUT2D eigenvalue weighted by molar-refractivity contribution is -0.126. The molecule has 110 heavy (non-hydrogen) atoms. The largest absolute Gasteiger partial charge is 0.443 e. The van der Waals surface area contributed by atoms with Gasteiger partial charge in [0.15, 0.2) is 0 Å². The molecule has 10 heterocycles. The summed E-state index contributed by atoms with van der Waals surface area (Å²) >= 11 is 0. The maximum Gasteiger partial charge on any atom is 0.414 e. The number of fused-ring (bicyclic) bond motifs is 3. The van der Waals surface area contributed by atoms with E-state index in [0.29, 0.717) is 124 Å². The molecule has 4 atom stereocenters. The molecule has 7 aromatic carbocycles. The van der Waals surface area contributed by atoms with Crippen LogP contribution in [0.25, 0.3) is 0 Å². The second-order valence-corrected chi connectivity index (χ2v) is 26.3. The van der Waals surface area contributed by atoms with E-state index in [-0.39, 0.29) is 130 Å². The lowest BCUT2D eigenvalue weighted by atomic mass is 10.1. The number of epoxide rings is 1. The second kappa shape index (κ2) is 34.3. The van der Waals surface area contributed by atoms with Gasteiger partial charge in [0.2, 0.25) is 0 Å². The Bertz CT molecular complexity index is 4560. The van der Waals surface area contributed by atoms with Gasteiger partial charge in [-0.15, -0.1) is 0 Å². The maximum absolute atomic E-state index is 12.6. The predicted octanol–water partition coefficient (Wildman–Crippen LogP) is 4.44. The Labute approximate surface area is 629 Å². The summed E-state index contributed by atoms with van der Waals surface area (Å²) in [5, 5.41) is 13.4. The molecule has 0 unspecified atom stereocenters. The van der Waals surface area contributed by atoms with Crippen molar-refractivity contribution in [2.24, 2.45) is 5.73 Å². The van der Waals surface area contributed by atoms with Crippen LogP contribution in [0, 0.1) is 0 Å². The number of nitrogens with two attached hydrogens (primary N) is 2. The number of cyclic esters (lactones) is 2. The van der Waals surface area contributed by atoms with Crippen molar-refractivity contribution in [1.29, 1.82) is 0 Å². The van der Waals surface area contributed by atoms with Gasteiger partial charge in [-0.2, -0.15) is 0 Å². The van der Waals surface area contributed by atoms with Crippen LogP contribution < -0.4 is 46.2 Å². The topological polar surface area (TPSA) is 386 Å². The van der Waals surface area contributed by atoms with Gasteiger partial charge in [-0.3, -0.25) is 72.4 Å². The number of β-amino-alcohol motifs (C(OH)–C–C–N with tert-alkyl or cyclic N) is 1. The molecule has 0 spiro atoms. The summed E-state index contributed by atoms with van der Waals surface area (Å²) in [6.07, 6.45) is -2.70. The molecule has 6 N–H and O–H groups in total. The quantitative estimate of drug-likeness (QED) is 0.0590.